The summed E-state index contributed by atoms with van der Waals surface area (Å²) in [5.41, 5.74) is 1.36. The maximum absolute atomic E-state index is 4.14. The smallest absolute Gasteiger partial charge is 0.0360 e. The van der Waals surface area contributed by atoms with Gasteiger partial charge < -0.3 is 0 Å². The molecular formula is C10H23Cl9N2. The lowest BCUT2D eigenvalue weighted by molar-refractivity contribution is 0.317. The molecule has 0 radical (unpaired) electrons. The molecule has 0 amide bonds. The Bertz CT molecular complexity index is 266. The highest BCUT2D eigenvalue weighted by Crippen LogP contribution is 2.29. The minimum absolute atomic E-state index is 0. The second-order valence-electron chi connectivity index (χ2n) is 3.42. The predicted molar refractivity (Wildman–Crippen MR) is 114 cm³/mol. The fourth-order valence-electron chi connectivity index (χ4n) is 1.90. The van der Waals surface area contributed by atoms with Gasteiger partial charge in [-0.1, -0.05) is 6.07 Å². The number of halogens is 9. The maximum Gasteiger partial charge on any atom is 0.0360 e. The molecule has 1 aromatic heterocycles. The normalized spacial score (nSPS) is 14.0. The monoisotopic (exact) mass is 486 g/mol. The average Bonchev–Trinajstić information content (AvgIpc) is 2.53. The van der Waals surface area contributed by atoms with E-state index in [1.807, 2.05) is 18.5 Å². The van der Waals surface area contributed by atoms with Crippen LogP contribution in [0.4, 0.5) is 0 Å². The molecule has 1 unspecified atom stereocenters. The highest BCUT2D eigenvalue weighted by molar-refractivity contribution is 5.86. The summed E-state index contributed by atoms with van der Waals surface area (Å²) in [7, 11) is 2.19. The molecule has 1 aromatic rings. The lowest BCUT2D eigenvalue weighted by Gasteiger charge is -2.18. The largest absolute Gasteiger partial charge is 0.299 e. The van der Waals surface area contributed by atoms with Gasteiger partial charge in [-0.3, -0.25) is 9.88 Å². The second-order valence-corrected chi connectivity index (χ2v) is 3.42. The van der Waals surface area contributed by atoms with Gasteiger partial charge in [-0.05, 0) is 38.1 Å². The Hall–Kier alpha value is 1.72. The zero-order chi connectivity index (χ0) is 8.39. The van der Waals surface area contributed by atoms with Crippen molar-refractivity contribution in [2.24, 2.45) is 0 Å². The van der Waals surface area contributed by atoms with E-state index < -0.39 is 0 Å². The van der Waals surface area contributed by atoms with Crippen LogP contribution in [0.15, 0.2) is 24.5 Å². The molecule has 1 saturated heterocycles. The van der Waals surface area contributed by atoms with Crippen LogP contribution in [0.5, 0.6) is 0 Å². The number of likely N-dealkylation sites (tertiary alicyclic amines) is 1. The van der Waals surface area contributed by atoms with Crippen molar-refractivity contribution in [1.29, 1.82) is 0 Å². The van der Waals surface area contributed by atoms with Crippen LogP contribution in [-0.2, 0) is 0 Å². The summed E-state index contributed by atoms with van der Waals surface area (Å²) in [4.78, 5) is 6.54. The van der Waals surface area contributed by atoms with Crippen molar-refractivity contribution in [2.75, 3.05) is 13.6 Å². The van der Waals surface area contributed by atoms with Crippen molar-refractivity contribution in [1.82, 2.24) is 9.88 Å². The van der Waals surface area contributed by atoms with E-state index in [0.717, 1.165) is 0 Å². The van der Waals surface area contributed by atoms with E-state index in [1.165, 1.54) is 24.9 Å². The van der Waals surface area contributed by atoms with E-state index in [4.69, 9.17) is 0 Å². The Kier molecular flexibility index (Phi) is 62.7. The summed E-state index contributed by atoms with van der Waals surface area (Å²) in [6.45, 7) is 1.22. The van der Waals surface area contributed by atoms with Crippen LogP contribution in [-0.4, -0.2) is 23.5 Å². The molecule has 0 saturated carbocycles. The van der Waals surface area contributed by atoms with Gasteiger partial charge in [0.25, 0.3) is 0 Å². The highest BCUT2D eigenvalue weighted by atomic mass is 35.5. The van der Waals surface area contributed by atoms with Gasteiger partial charge in [0.05, 0.1) is 0 Å². The first-order valence-electron chi connectivity index (χ1n) is 4.48. The molecule has 0 spiro atoms. The molecule has 1 aliphatic heterocycles. The van der Waals surface area contributed by atoms with Crippen molar-refractivity contribution in [2.45, 2.75) is 18.9 Å². The van der Waals surface area contributed by atoms with Crippen molar-refractivity contribution in [3.05, 3.63) is 30.1 Å². The van der Waals surface area contributed by atoms with Gasteiger partial charge in [-0.15, -0.1) is 112 Å². The second kappa shape index (κ2) is 26.6. The van der Waals surface area contributed by atoms with Gasteiger partial charge in [0.2, 0.25) is 0 Å². The van der Waals surface area contributed by atoms with Gasteiger partial charge in [0.15, 0.2) is 0 Å². The lowest BCUT2D eigenvalue weighted by Crippen LogP contribution is -2.17. The molecule has 2 heterocycles. The minimum Gasteiger partial charge on any atom is -0.299 e. The fourth-order valence-corrected chi connectivity index (χ4v) is 1.90. The van der Waals surface area contributed by atoms with Crippen LogP contribution in [0.2, 0.25) is 0 Å². The van der Waals surface area contributed by atoms with Crippen LogP contribution >= 0.6 is 112 Å². The molecule has 1 atom stereocenters. The summed E-state index contributed by atoms with van der Waals surface area (Å²) in [6.07, 6.45) is 6.41. The SMILES string of the molecule is CN1CCCC1c1cccnc1.Cl.Cl.Cl.Cl.Cl.Cl.Cl.Cl.Cl. The van der Waals surface area contributed by atoms with E-state index in [0.29, 0.717) is 6.04 Å². The summed E-state index contributed by atoms with van der Waals surface area (Å²) < 4.78 is 0. The van der Waals surface area contributed by atoms with E-state index in [1.54, 1.807) is 0 Å². The molecule has 0 aliphatic carbocycles. The van der Waals surface area contributed by atoms with Gasteiger partial charge in [0.1, 0.15) is 0 Å². The van der Waals surface area contributed by atoms with Gasteiger partial charge >= 0.3 is 0 Å². The molecule has 0 N–H and O–H groups in total. The first-order valence-corrected chi connectivity index (χ1v) is 4.48. The van der Waals surface area contributed by atoms with E-state index >= 15 is 0 Å². The quantitative estimate of drug-likeness (QED) is 0.507. The molecule has 0 bridgehead atoms. The van der Waals surface area contributed by atoms with Crippen molar-refractivity contribution < 1.29 is 0 Å². The molecule has 1 fully saturated rings. The van der Waals surface area contributed by atoms with Crippen LogP contribution < -0.4 is 0 Å². The molecule has 2 nitrogen and oxygen atoms in total. The van der Waals surface area contributed by atoms with Crippen LogP contribution in [0.25, 0.3) is 0 Å². The summed E-state index contributed by atoms with van der Waals surface area (Å²) in [6, 6.07) is 4.79. The first kappa shape index (κ1) is 49.5. The average molecular weight is 490 g/mol. The maximum atomic E-state index is 4.14. The Morgan fingerprint density at radius 3 is 1.81 bits per heavy atom. The first-order chi connectivity index (χ1) is 5.88. The summed E-state index contributed by atoms with van der Waals surface area (Å²) >= 11 is 0. The third kappa shape index (κ3) is 15.0. The zero-order valence-electron chi connectivity index (χ0n) is 11.1. The molecule has 0 aromatic carbocycles. The number of nitrogens with zero attached hydrogens (tertiary/aromatic N) is 2. The topological polar surface area (TPSA) is 16.1 Å². The van der Waals surface area contributed by atoms with Crippen LogP contribution in [0, 0.1) is 0 Å². The third-order valence-corrected chi connectivity index (χ3v) is 2.59. The highest BCUT2D eigenvalue weighted by Gasteiger charge is 2.21. The number of aromatic nitrogens is 1. The molecule has 136 valence electrons. The molecule has 21 heavy (non-hydrogen) atoms. The molecule has 1 aliphatic rings. The van der Waals surface area contributed by atoms with Crippen molar-refractivity contribution >= 4 is 112 Å². The molecular weight excluding hydrogens is 467 g/mol. The number of hydrogen-bond acceptors (Lipinski definition) is 2. The number of pyridine rings is 1. The van der Waals surface area contributed by atoms with Crippen LogP contribution in [0.3, 0.4) is 0 Å². The standard InChI is InChI=1S/C10H14N2.9ClH/c1-12-7-3-5-10(12)9-4-2-6-11-8-9;;;;;;;;;/h2,4,6,8,10H,3,5,7H2,1H3;9*1H. The zero-order valence-corrected chi connectivity index (χ0v) is 18.4. The van der Waals surface area contributed by atoms with Crippen LogP contribution in [0.1, 0.15) is 24.4 Å². The lowest BCUT2D eigenvalue weighted by atomic mass is 10.1. The van der Waals surface area contributed by atoms with E-state index in [-0.39, 0.29) is 112 Å². The summed E-state index contributed by atoms with van der Waals surface area (Å²) in [5, 5.41) is 0. The fraction of sp³-hybridized carbons (Fsp3) is 0.500. The molecule has 2 rings (SSSR count). The third-order valence-electron chi connectivity index (χ3n) is 2.59. The predicted octanol–water partition coefficient (Wildman–Crippen LogP) is 5.64. The van der Waals surface area contributed by atoms with Gasteiger partial charge in [-0.25, -0.2) is 0 Å². The number of rotatable bonds is 1. The number of hydrogen-bond donors (Lipinski definition) is 0. The van der Waals surface area contributed by atoms with Gasteiger partial charge in [-0.2, -0.15) is 0 Å². The molecule has 11 heteroatoms. The Balaban J connectivity index is -0.0000000313. The summed E-state index contributed by atoms with van der Waals surface area (Å²) in [5.74, 6) is 0. The van der Waals surface area contributed by atoms with E-state index in [9.17, 15) is 0 Å². The van der Waals surface area contributed by atoms with Crippen molar-refractivity contribution in [3.63, 3.8) is 0 Å². The van der Waals surface area contributed by atoms with Gasteiger partial charge in [0, 0.05) is 18.4 Å². The van der Waals surface area contributed by atoms with E-state index in [2.05, 4.69) is 23.0 Å². The Morgan fingerprint density at radius 1 is 0.952 bits per heavy atom. The van der Waals surface area contributed by atoms with Crippen molar-refractivity contribution in [3.8, 4) is 0 Å². The Labute approximate surface area is 183 Å². The Morgan fingerprint density at radius 2 is 1.48 bits per heavy atom. The minimum atomic E-state index is 0.